The van der Waals surface area contributed by atoms with Crippen LogP contribution in [0, 0.1) is 10.1 Å². The number of hydrogen-bond donors (Lipinski definition) is 0. The van der Waals surface area contributed by atoms with Crippen LogP contribution in [0.25, 0.3) is 0 Å². The summed E-state index contributed by atoms with van der Waals surface area (Å²) < 4.78 is 26.7. The van der Waals surface area contributed by atoms with Crippen molar-refractivity contribution in [2.24, 2.45) is 0 Å². The Hall–Kier alpha value is -5.19. The van der Waals surface area contributed by atoms with Crippen molar-refractivity contribution in [3.8, 4) is 23.0 Å². The molecule has 3 aromatic carbocycles. The van der Waals surface area contributed by atoms with Gasteiger partial charge in [0.1, 0.15) is 28.6 Å². The van der Waals surface area contributed by atoms with Crippen molar-refractivity contribution in [3.05, 3.63) is 101 Å². The number of carbonyl (C=O) groups excluding carboxylic acids is 3. The predicted molar refractivity (Wildman–Crippen MR) is 148 cm³/mol. The Morgan fingerprint density at radius 2 is 1.39 bits per heavy atom. The SMILES string of the molecule is C=CC(=O)OCCCCCCOc1cc(OC)ccc1C(=O)Oc1ccc(C(=O)Oc2ccc([N+](=O)[O-])cc2)cc1. The van der Waals surface area contributed by atoms with Crippen molar-refractivity contribution >= 4 is 23.6 Å². The molecule has 0 saturated heterocycles. The Bertz CT molecular complexity index is 1370. The largest absolute Gasteiger partial charge is 0.497 e. The minimum Gasteiger partial charge on any atom is -0.497 e. The molecule has 214 valence electrons. The van der Waals surface area contributed by atoms with E-state index in [1.165, 1.54) is 55.6 Å². The zero-order valence-corrected chi connectivity index (χ0v) is 22.4. The Labute approximate surface area is 236 Å². The highest BCUT2D eigenvalue weighted by atomic mass is 16.6. The van der Waals surface area contributed by atoms with E-state index in [0.29, 0.717) is 24.7 Å². The van der Waals surface area contributed by atoms with Crippen molar-refractivity contribution < 1.29 is 43.0 Å². The molecule has 0 heterocycles. The number of benzene rings is 3. The first kappa shape index (κ1) is 30.4. The molecule has 0 amide bonds. The summed E-state index contributed by atoms with van der Waals surface area (Å²) in [6.07, 6.45) is 4.26. The van der Waals surface area contributed by atoms with Gasteiger partial charge in [0.15, 0.2) is 0 Å². The average Bonchev–Trinajstić information content (AvgIpc) is 2.98. The number of carbonyl (C=O) groups is 3. The van der Waals surface area contributed by atoms with Gasteiger partial charge in [-0.15, -0.1) is 0 Å². The number of nitrogens with zero attached hydrogens (tertiary/aromatic N) is 1. The number of rotatable bonds is 15. The Kier molecular flexibility index (Phi) is 11.4. The van der Waals surface area contributed by atoms with Gasteiger partial charge in [-0.3, -0.25) is 10.1 Å². The van der Waals surface area contributed by atoms with E-state index < -0.39 is 22.8 Å². The fourth-order valence-electron chi connectivity index (χ4n) is 3.51. The molecule has 3 aromatic rings. The normalized spacial score (nSPS) is 10.3. The molecular formula is C30H29NO10. The van der Waals surface area contributed by atoms with Crippen LogP contribution in [0.4, 0.5) is 5.69 Å². The summed E-state index contributed by atoms with van der Waals surface area (Å²) in [5, 5.41) is 10.8. The van der Waals surface area contributed by atoms with Gasteiger partial charge in [0.05, 0.1) is 30.8 Å². The highest BCUT2D eigenvalue weighted by Crippen LogP contribution is 2.27. The lowest BCUT2D eigenvalue weighted by Gasteiger charge is -2.13. The molecule has 11 nitrogen and oxygen atoms in total. The number of nitro benzene ring substituents is 1. The standard InChI is InChI=1S/C30H29NO10/c1-3-28(32)39-19-7-5-4-6-18-38-27-20-25(37-2)16-17-26(27)30(34)41-23-12-8-21(9-13-23)29(33)40-24-14-10-22(11-15-24)31(35)36/h3,8-17,20H,1,4-7,18-19H2,2H3. The van der Waals surface area contributed by atoms with Crippen molar-refractivity contribution in [2.45, 2.75) is 25.7 Å². The van der Waals surface area contributed by atoms with Crippen LogP contribution in [0.1, 0.15) is 46.4 Å². The van der Waals surface area contributed by atoms with Crippen LogP contribution in [0.3, 0.4) is 0 Å². The number of nitro groups is 1. The molecule has 0 unspecified atom stereocenters. The highest BCUT2D eigenvalue weighted by Gasteiger charge is 2.17. The van der Waals surface area contributed by atoms with Crippen LogP contribution in [-0.4, -0.2) is 43.2 Å². The van der Waals surface area contributed by atoms with Crippen LogP contribution < -0.4 is 18.9 Å². The van der Waals surface area contributed by atoms with Crippen LogP contribution >= 0.6 is 0 Å². The summed E-state index contributed by atoms with van der Waals surface area (Å²) in [6, 6.07) is 15.6. The Morgan fingerprint density at radius 3 is 2.00 bits per heavy atom. The predicted octanol–water partition coefficient (Wildman–Crippen LogP) is 5.71. The van der Waals surface area contributed by atoms with Gasteiger partial charge in [0, 0.05) is 24.3 Å². The minimum atomic E-state index is -0.680. The smallest absolute Gasteiger partial charge is 0.347 e. The van der Waals surface area contributed by atoms with Gasteiger partial charge in [-0.1, -0.05) is 6.58 Å². The fourth-order valence-corrected chi connectivity index (χ4v) is 3.51. The molecule has 0 aliphatic rings. The van der Waals surface area contributed by atoms with E-state index in [-0.39, 0.29) is 28.3 Å². The third-order valence-corrected chi connectivity index (χ3v) is 5.67. The lowest BCUT2D eigenvalue weighted by molar-refractivity contribution is -0.384. The third-order valence-electron chi connectivity index (χ3n) is 5.67. The quantitative estimate of drug-likeness (QED) is 0.0564. The van der Waals surface area contributed by atoms with Crippen molar-refractivity contribution in [2.75, 3.05) is 20.3 Å². The van der Waals surface area contributed by atoms with Gasteiger partial charge in [-0.25, -0.2) is 14.4 Å². The first-order chi connectivity index (χ1) is 19.8. The van der Waals surface area contributed by atoms with E-state index in [0.717, 1.165) is 31.8 Å². The monoisotopic (exact) mass is 563 g/mol. The van der Waals surface area contributed by atoms with Gasteiger partial charge >= 0.3 is 17.9 Å². The summed E-state index contributed by atoms with van der Waals surface area (Å²) in [7, 11) is 1.50. The summed E-state index contributed by atoms with van der Waals surface area (Å²) in [6.45, 7) is 4.03. The molecule has 0 aromatic heterocycles. The number of ether oxygens (including phenoxy) is 5. The fraction of sp³-hybridized carbons (Fsp3) is 0.233. The zero-order chi connectivity index (χ0) is 29.6. The first-order valence-corrected chi connectivity index (χ1v) is 12.7. The molecule has 0 N–H and O–H groups in total. The topological polar surface area (TPSA) is 140 Å². The molecule has 0 fully saturated rings. The molecule has 41 heavy (non-hydrogen) atoms. The van der Waals surface area contributed by atoms with Crippen LogP contribution in [0.2, 0.25) is 0 Å². The molecular weight excluding hydrogens is 534 g/mol. The minimum absolute atomic E-state index is 0.123. The molecule has 0 aliphatic heterocycles. The number of methoxy groups -OCH3 is 1. The van der Waals surface area contributed by atoms with Crippen LogP contribution in [-0.2, 0) is 9.53 Å². The lowest BCUT2D eigenvalue weighted by atomic mass is 10.1. The van der Waals surface area contributed by atoms with Crippen molar-refractivity contribution in [3.63, 3.8) is 0 Å². The molecule has 0 radical (unpaired) electrons. The average molecular weight is 564 g/mol. The van der Waals surface area contributed by atoms with Gasteiger partial charge < -0.3 is 23.7 Å². The van der Waals surface area contributed by atoms with E-state index >= 15 is 0 Å². The summed E-state index contributed by atoms with van der Waals surface area (Å²) >= 11 is 0. The lowest BCUT2D eigenvalue weighted by Crippen LogP contribution is -2.12. The third kappa shape index (κ3) is 9.50. The van der Waals surface area contributed by atoms with E-state index in [4.69, 9.17) is 23.7 Å². The van der Waals surface area contributed by atoms with E-state index in [1.807, 2.05) is 0 Å². The maximum Gasteiger partial charge on any atom is 0.347 e. The first-order valence-electron chi connectivity index (χ1n) is 12.7. The number of unbranched alkanes of at least 4 members (excludes halogenated alkanes) is 3. The maximum absolute atomic E-state index is 12.9. The molecule has 0 bridgehead atoms. The van der Waals surface area contributed by atoms with E-state index in [9.17, 15) is 24.5 Å². The van der Waals surface area contributed by atoms with Crippen LogP contribution in [0.15, 0.2) is 79.4 Å². The van der Waals surface area contributed by atoms with Gasteiger partial charge in [-0.2, -0.15) is 0 Å². The maximum atomic E-state index is 12.9. The molecule has 3 rings (SSSR count). The second kappa shape index (κ2) is 15.4. The summed E-state index contributed by atoms with van der Waals surface area (Å²) in [5.74, 6) is -0.621. The Balaban J connectivity index is 1.54. The molecule has 0 spiro atoms. The van der Waals surface area contributed by atoms with Gasteiger partial charge in [0.2, 0.25) is 0 Å². The second-order valence-corrected chi connectivity index (χ2v) is 8.55. The highest BCUT2D eigenvalue weighted by molar-refractivity contribution is 5.95. The van der Waals surface area contributed by atoms with Crippen molar-refractivity contribution in [1.29, 1.82) is 0 Å². The molecule has 11 heteroatoms. The van der Waals surface area contributed by atoms with Crippen molar-refractivity contribution in [1.82, 2.24) is 0 Å². The molecule has 0 atom stereocenters. The van der Waals surface area contributed by atoms with Gasteiger partial charge in [-0.05, 0) is 74.2 Å². The zero-order valence-electron chi connectivity index (χ0n) is 22.4. The number of esters is 3. The van der Waals surface area contributed by atoms with E-state index in [1.54, 1.807) is 18.2 Å². The molecule has 0 aliphatic carbocycles. The number of non-ortho nitro benzene ring substituents is 1. The Morgan fingerprint density at radius 1 is 0.805 bits per heavy atom. The second-order valence-electron chi connectivity index (χ2n) is 8.55. The summed E-state index contributed by atoms with van der Waals surface area (Å²) in [4.78, 5) is 46.6. The van der Waals surface area contributed by atoms with Crippen LogP contribution in [0.5, 0.6) is 23.0 Å². The number of hydrogen-bond acceptors (Lipinski definition) is 10. The van der Waals surface area contributed by atoms with Gasteiger partial charge in [0.25, 0.3) is 5.69 Å². The molecule has 0 saturated carbocycles. The summed E-state index contributed by atoms with van der Waals surface area (Å²) in [5.41, 5.74) is 0.265. The van der Waals surface area contributed by atoms with E-state index in [2.05, 4.69) is 6.58 Å².